The van der Waals surface area contributed by atoms with E-state index in [2.05, 4.69) is 26.2 Å². The number of rotatable bonds is 7. The van der Waals surface area contributed by atoms with Crippen LogP contribution < -0.4 is 0 Å². The normalized spacial score (nSPS) is 21.0. The number of amides is 1. The Labute approximate surface area is 142 Å². The van der Waals surface area contributed by atoms with Gasteiger partial charge in [0, 0.05) is 32.2 Å². The third-order valence-corrected chi connectivity index (χ3v) is 4.84. The van der Waals surface area contributed by atoms with E-state index in [0.29, 0.717) is 19.3 Å². The number of hydrogen-bond donors (Lipinski definition) is 0. The number of hydrogen-bond acceptors (Lipinski definition) is 5. The Balaban J connectivity index is 1.54. The molecule has 3 heterocycles. The molecule has 3 rings (SSSR count). The predicted octanol–water partition coefficient (Wildman–Crippen LogP) is 2.24. The second-order valence-electron chi connectivity index (χ2n) is 6.66. The van der Waals surface area contributed by atoms with Crippen LogP contribution in [0, 0.1) is 26.2 Å². The molecule has 1 aromatic rings. The third-order valence-electron chi connectivity index (χ3n) is 4.84. The van der Waals surface area contributed by atoms with Gasteiger partial charge in [-0.2, -0.15) is 15.3 Å². The smallest absolute Gasteiger partial charge is 0.223 e. The van der Waals surface area contributed by atoms with Crippen molar-refractivity contribution >= 4 is 5.91 Å². The van der Waals surface area contributed by atoms with Crippen molar-refractivity contribution in [3.05, 3.63) is 11.6 Å². The van der Waals surface area contributed by atoms with E-state index in [1.54, 1.807) is 0 Å². The van der Waals surface area contributed by atoms with Crippen LogP contribution in [0.1, 0.15) is 50.2 Å². The van der Waals surface area contributed by atoms with Gasteiger partial charge in [0.25, 0.3) is 0 Å². The fourth-order valence-electron chi connectivity index (χ4n) is 3.41. The highest BCUT2D eigenvalue weighted by Gasteiger charge is 2.40. The minimum Gasteiger partial charge on any atom is -0.338 e. The number of nitrogens with zero attached hydrogens (tertiary/aromatic N) is 6. The van der Waals surface area contributed by atoms with Gasteiger partial charge in [0.1, 0.15) is 11.6 Å². The maximum atomic E-state index is 12.6. The molecule has 1 amide bonds. The van der Waals surface area contributed by atoms with Crippen LogP contribution in [0.3, 0.4) is 0 Å². The topological polar surface area (TPSA) is 75.7 Å². The quantitative estimate of drug-likeness (QED) is 0.720. The molecule has 0 spiro atoms. The standard InChI is InChI=1S/C17H24N6O/c1-4-5-9-17(20-21-17)10-8-16(24)22-11-6-7-15(22)12-23-14(3)18-13(2)19-23/h1,15H,5-12H2,2-3H3/t15-/m0/s1. The number of likely N-dealkylation sites (tertiary alicyclic amines) is 1. The highest BCUT2D eigenvalue weighted by atomic mass is 16.2. The monoisotopic (exact) mass is 328 g/mol. The van der Waals surface area contributed by atoms with Crippen LogP contribution in [0.15, 0.2) is 10.2 Å². The van der Waals surface area contributed by atoms with E-state index in [-0.39, 0.29) is 17.6 Å². The first-order valence-corrected chi connectivity index (χ1v) is 8.58. The fourth-order valence-corrected chi connectivity index (χ4v) is 3.41. The Kier molecular flexibility index (Phi) is 4.65. The molecule has 2 aliphatic rings. The predicted molar refractivity (Wildman–Crippen MR) is 89.1 cm³/mol. The Morgan fingerprint density at radius 3 is 2.79 bits per heavy atom. The van der Waals surface area contributed by atoms with Crippen molar-refractivity contribution in [2.24, 2.45) is 10.2 Å². The molecule has 0 aromatic carbocycles. The van der Waals surface area contributed by atoms with E-state index in [0.717, 1.165) is 44.0 Å². The third kappa shape index (κ3) is 3.64. The molecule has 0 saturated carbocycles. The molecule has 0 radical (unpaired) electrons. The van der Waals surface area contributed by atoms with Gasteiger partial charge in [0.05, 0.1) is 12.6 Å². The molecule has 1 aromatic heterocycles. The maximum absolute atomic E-state index is 12.6. The fraction of sp³-hybridized carbons (Fsp3) is 0.706. The summed E-state index contributed by atoms with van der Waals surface area (Å²) < 4.78 is 1.91. The summed E-state index contributed by atoms with van der Waals surface area (Å²) in [5.74, 6) is 4.47. The van der Waals surface area contributed by atoms with Gasteiger partial charge in [-0.1, -0.05) is 0 Å². The number of aryl methyl sites for hydroxylation is 2. The van der Waals surface area contributed by atoms with Crippen molar-refractivity contribution in [1.29, 1.82) is 0 Å². The molecule has 7 nitrogen and oxygen atoms in total. The molecule has 0 bridgehead atoms. The van der Waals surface area contributed by atoms with Crippen molar-refractivity contribution in [2.45, 2.75) is 70.6 Å². The highest BCUT2D eigenvalue weighted by molar-refractivity contribution is 5.77. The Morgan fingerprint density at radius 2 is 2.17 bits per heavy atom. The van der Waals surface area contributed by atoms with Crippen LogP contribution in [0.25, 0.3) is 0 Å². The molecule has 1 atom stereocenters. The molecular formula is C17H24N6O. The van der Waals surface area contributed by atoms with Crippen molar-refractivity contribution < 1.29 is 4.79 Å². The van der Waals surface area contributed by atoms with Crippen molar-refractivity contribution in [2.75, 3.05) is 6.54 Å². The Bertz CT molecular complexity index is 680. The molecule has 1 saturated heterocycles. The first-order chi connectivity index (χ1) is 11.5. The van der Waals surface area contributed by atoms with Gasteiger partial charge in [0.15, 0.2) is 5.66 Å². The van der Waals surface area contributed by atoms with Gasteiger partial charge in [0.2, 0.25) is 5.91 Å². The van der Waals surface area contributed by atoms with E-state index in [1.165, 1.54) is 0 Å². The summed E-state index contributed by atoms with van der Waals surface area (Å²) in [5, 5.41) is 12.6. The van der Waals surface area contributed by atoms with Crippen molar-refractivity contribution in [3.8, 4) is 12.3 Å². The number of aromatic nitrogens is 3. The largest absolute Gasteiger partial charge is 0.338 e. The van der Waals surface area contributed by atoms with E-state index in [9.17, 15) is 4.79 Å². The molecule has 1 fully saturated rings. The van der Waals surface area contributed by atoms with Crippen LogP contribution in [0.2, 0.25) is 0 Å². The number of terminal acetylenes is 1. The molecule has 0 N–H and O–H groups in total. The summed E-state index contributed by atoms with van der Waals surface area (Å²) in [6.07, 6.45) is 9.90. The number of carbonyl (C=O) groups is 1. The van der Waals surface area contributed by atoms with E-state index < -0.39 is 0 Å². The summed E-state index contributed by atoms with van der Waals surface area (Å²) in [6, 6.07) is 0.201. The van der Waals surface area contributed by atoms with Crippen LogP contribution in [0.4, 0.5) is 0 Å². The van der Waals surface area contributed by atoms with E-state index >= 15 is 0 Å². The molecular weight excluding hydrogens is 304 g/mol. The lowest BCUT2D eigenvalue weighted by Gasteiger charge is -2.25. The maximum Gasteiger partial charge on any atom is 0.223 e. The van der Waals surface area contributed by atoms with Gasteiger partial charge < -0.3 is 4.90 Å². The van der Waals surface area contributed by atoms with E-state index in [4.69, 9.17) is 6.42 Å². The summed E-state index contributed by atoms with van der Waals surface area (Å²) in [5.41, 5.74) is -0.378. The molecule has 24 heavy (non-hydrogen) atoms. The summed E-state index contributed by atoms with van der Waals surface area (Å²) in [6.45, 7) is 5.38. The van der Waals surface area contributed by atoms with Gasteiger partial charge in [-0.25, -0.2) is 9.67 Å². The first-order valence-electron chi connectivity index (χ1n) is 8.58. The lowest BCUT2D eigenvalue weighted by molar-refractivity contribution is -0.132. The summed E-state index contributed by atoms with van der Waals surface area (Å²) in [4.78, 5) is 19.0. The zero-order valence-electron chi connectivity index (χ0n) is 14.4. The molecule has 0 aliphatic carbocycles. The van der Waals surface area contributed by atoms with Crippen LogP contribution >= 0.6 is 0 Å². The second kappa shape index (κ2) is 6.71. The summed E-state index contributed by atoms with van der Waals surface area (Å²) >= 11 is 0. The lowest BCUT2D eigenvalue weighted by Crippen LogP contribution is -2.38. The molecule has 0 unspecified atom stereocenters. The minimum absolute atomic E-state index is 0.185. The van der Waals surface area contributed by atoms with Gasteiger partial charge in [-0.05, 0) is 26.7 Å². The average Bonchev–Trinajstić information content (AvgIpc) is 3.05. The average molecular weight is 328 g/mol. The van der Waals surface area contributed by atoms with Gasteiger partial charge >= 0.3 is 0 Å². The zero-order valence-corrected chi connectivity index (χ0v) is 14.4. The molecule has 7 heteroatoms. The zero-order chi connectivity index (χ0) is 17.2. The number of carbonyl (C=O) groups excluding carboxylic acids is 1. The molecule has 2 aliphatic heterocycles. The van der Waals surface area contributed by atoms with Crippen molar-refractivity contribution in [1.82, 2.24) is 19.7 Å². The van der Waals surface area contributed by atoms with Gasteiger partial charge in [-0.15, -0.1) is 12.3 Å². The van der Waals surface area contributed by atoms with Crippen LogP contribution in [-0.4, -0.2) is 43.8 Å². The second-order valence-corrected chi connectivity index (χ2v) is 6.66. The minimum atomic E-state index is -0.378. The Hall–Kier alpha value is -2.23. The van der Waals surface area contributed by atoms with E-state index in [1.807, 2.05) is 23.4 Å². The first kappa shape index (κ1) is 16.6. The van der Waals surface area contributed by atoms with Crippen LogP contribution in [0.5, 0.6) is 0 Å². The highest BCUT2D eigenvalue weighted by Crippen LogP contribution is 2.38. The SMILES string of the molecule is C#CCCC1(CCC(=O)N2CCC[C@H]2Cn2nc(C)nc2C)N=N1. The van der Waals surface area contributed by atoms with Gasteiger partial charge in [-0.3, -0.25) is 4.79 Å². The van der Waals surface area contributed by atoms with Crippen molar-refractivity contribution in [3.63, 3.8) is 0 Å². The lowest BCUT2D eigenvalue weighted by atomic mass is 10.0. The van der Waals surface area contributed by atoms with Crippen LogP contribution in [-0.2, 0) is 11.3 Å². The summed E-state index contributed by atoms with van der Waals surface area (Å²) in [7, 11) is 0. The Morgan fingerprint density at radius 1 is 1.38 bits per heavy atom. The molecule has 128 valence electrons.